The van der Waals surface area contributed by atoms with Crippen LogP contribution in [-0.4, -0.2) is 23.4 Å². The van der Waals surface area contributed by atoms with Crippen LogP contribution >= 0.6 is 11.6 Å². The average Bonchev–Trinajstić information content (AvgIpc) is 2.36. The lowest BCUT2D eigenvalue weighted by Crippen LogP contribution is -2.02. The minimum Gasteiger partial charge on any atom is -0.496 e. The van der Waals surface area contributed by atoms with Crippen molar-refractivity contribution >= 4 is 17.9 Å². The first-order valence-electron chi connectivity index (χ1n) is 6.12. The van der Waals surface area contributed by atoms with Gasteiger partial charge in [0.1, 0.15) is 16.7 Å². The molecule has 0 saturated carbocycles. The van der Waals surface area contributed by atoms with Crippen molar-refractivity contribution in [2.45, 2.75) is 20.8 Å². The average molecular weight is 291 g/mol. The number of aromatic nitrogens is 2. The van der Waals surface area contributed by atoms with Gasteiger partial charge >= 0.3 is 0 Å². The molecule has 0 radical (unpaired) electrons. The molecule has 0 N–H and O–H groups in total. The lowest BCUT2D eigenvalue weighted by atomic mass is 9.99. The van der Waals surface area contributed by atoms with Gasteiger partial charge in [-0.1, -0.05) is 17.7 Å². The Bertz CT molecular complexity index is 684. The first-order chi connectivity index (χ1) is 9.47. The summed E-state index contributed by atoms with van der Waals surface area (Å²) >= 11 is 6.04. The topological polar surface area (TPSA) is 52.1 Å². The summed E-state index contributed by atoms with van der Waals surface area (Å²) in [6.45, 7) is 5.67. The van der Waals surface area contributed by atoms with E-state index >= 15 is 0 Å². The molecule has 5 heteroatoms. The number of nitrogens with zero attached hydrogens (tertiary/aromatic N) is 2. The number of aldehydes is 1. The van der Waals surface area contributed by atoms with Crippen molar-refractivity contribution in [1.29, 1.82) is 0 Å². The maximum absolute atomic E-state index is 11.3. The van der Waals surface area contributed by atoms with Crippen LogP contribution < -0.4 is 4.74 Å². The van der Waals surface area contributed by atoms with Gasteiger partial charge < -0.3 is 4.74 Å². The maximum Gasteiger partial charge on any atom is 0.155 e. The van der Waals surface area contributed by atoms with Crippen LogP contribution in [0.5, 0.6) is 5.75 Å². The summed E-state index contributed by atoms with van der Waals surface area (Å²) in [5.74, 6) is 1.18. The Morgan fingerprint density at radius 3 is 2.50 bits per heavy atom. The molecule has 0 aliphatic rings. The quantitative estimate of drug-likeness (QED) is 0.641. The van der Waals surface area contributed by atoms with Gasteiger partial charge in [0.25, 0.3) is 0 Å². The van der Waals surface area contributed by atoms with Crippen LogP contribution in [0.3, 0.4) is 0 Å². The number of carbonyl (C=O) groups excluding carboxylic acids is 1. The van der Waals surface area contributed by atoms with Gasteiger partial charge in [0.05, 0.1) is 18.4 Å². The molecular formula is C15H15ClN2O2. The van der Waals surface area contributed by atoms with Gasteiger partial charge in [0, 0.05) is 5.56 Å². The lowest BCUT2D eigenvalue weighted by Gasteiger charge is -2.14. The minimum atomic E-state index is 0.157. The number of hydrogen-bond donors (Lipinski definition) is 0. The molecule has 1 aromatic heterocycles. The molecule has 0 fully saturated rings. The Balaban J connectivity index is 2.84. The predicted molar refractivity (Wildman–Crippen MR) is 78.6 cm³/mol. The number of hydrogen-bond acceptors (Lipinski definition) is 4. The Labute approximate surface area is 122 Å². The third kappa shape index (κ3) is 2.51. The fraction of sp³-hybridized carbons (Fsp3) is 0.267. The minimum absolute atomic E-state index is 0.157. The standard InChI is InChI=1S/C15H15ClN2O2/c1-8-5-9(2)13(12(6-8)20-4)14-11(7-19)15(16)18-10(3)17-14/h5-7H,1-4H3. The summed E-state index contributed by atoms with van der Waals surface area (Å²) in [5, 5.41) is 0.157. The lowest BCUT2D eigenvalue weighted by molar-refractivity contribution is 0.112. The molecule has 4 nitrogen and oxygen atoms in total. The Kier molecular flexibility index (Phi) is 4.04. The normalized spacial score (nSPS) is 10.4. The highest BCUT2D eigenvalue weighted by Gasteiger charge is 2.18. The molecule has 2 aromatic rings. The van der Waals surface area contributed by atoms with Gasteiger partial charge in [0.15, 0.2) is 6.29 Å². The summed E-state index contributed by atoms with van der Waals surface area (Å²) in [5.41, 5.74) is 3.61. The first-order valence-corrected chi connectivity index (χ1v) is 6.50. The zero-order chi connectivity index (χ0) is 14.9. The van der Waals surface area contributed by atoms with Gasteiger partial charge in [-0.25, -0.2) is 9.97 Å². The van der Waals surface area contributed by atoms with Crippen LogP contribution in [0.15, 0.2) is 12.1 Å². The summed E-state index contributed by atoms with van der Waals surface area (Å²) in [7, 11) is 1.59. The number of benzene rings is 1. The molecule has 1 aromatic carbocycles. The molecule has 1 heterocycles. The molecule has 0 saturated heterocycles. The van der Waals surface area contributed by atoms with E-state index in [-0.39, 0.29) is 10.7 Å². The van der Waals surface area contributed by atoms with Gasteiger partial charge in [-0.2, -0.15) is 0 Å². The van der Waals surface area contributed by atoms with E-state index in [9.17, 15) is 4.79 Å². The third-order valence-corrected chi connectivity index (χ3v) is 3.32. The molecule has 104 valence electrons. The van der Waals surface area contributed by atoms with Crippen molar-refractivity contribution in [1.82, 2.24) is 9.97 Å². The van der Waals surface area contributed by atoms with E-state index in [1.807, 2.05) is 26.0 Å². The molecule has 0 spiro atoms. The molecule has 0 aliphatic carbocycles. The number of carbonyl (C=O) groups is 1. The van der Waals surface area contributed by atoms with Crippen LogP contribution in [0, 0.1) is 20.8 Å². The van der Waals surface area contributed by atoms with Gasteiger partial charge in [-0.15, -0.1) is 0 Å². The molecule has 2 rings (SSSR count). The fourth-order valence-corrected chi connectivity index (χ4v) is 2.49. The highest BCUT2D eigenvalue weighted by molar-refractivity contribution is 6.32. The molecule has 0 bridgehead atoms. The zero-order valence-electron chi connectivity index (χ0n) is 11.8. The second-order valence-electron chi connectivity index (χ2n) is 4.60. The summed E-state index contributed by atoms with van der Waals surface area (Å²) < 4.78 is 5.42. The van der Waals surface area contributed by atoms with E-state index < -0.39 is 0 Å². The smallest absolute Gasteiger partial charge is 0.155 e. The van der Waals surface area contributed by atoms with Gasteiger partial charge in [-0.3, -0.25) is 4.79 Å². The largest absolute Gasteiger partial charge is 0.496 e. The molecule has 0 atom stereocenters. The predicted octanol–water partition coefficient (Wildman–Crippen LogP) is 3.54. The monoisotopic (exact) mass is 290 g/mol. The van der Waals surface area contributed by atoms with E-state index in [0.29, 0.717) is 23.6 Å². The molecule has 0 amide bonds. The number of methoxy groups -OCH3 is 1. The highest BCUT2D eigenvalue weighted by atomic mass is 35.5. The highest BCUT2D eigenvalue weighted by Crippen LogP contribution is 2.36. The van der Waals surface area contributed by atoms with E-state index in [1.165, 1.54) is 0 Å². The van der Waals surface area contributed by atoms with Crippen molar-refractivity contribution < 1.29 is 9.53 Å². The van der Waals surface area contributed by atoms with Crippen molar-refractivity contribution in [3.63, 3.8) is 0 Å². The van der Waals surface area contributed by atoms with Crippen molar-refractivity contribution in [2.75, 3.05) is 7.11 Å². The molecule has 20 heavy (non-hydrogen) atoms. The first kappa shape index (κ1) is 14.5. The van der Waals surface area contributed by atoms with Gasteiger partial charge in [0.2, 0.25) is 0 Å². The Morgan fingerprint density at radius 2 is 1.90 bits per heavy atom. The summed E-state index contributed by atoms with van der Waals surface area (Å²) in [6, 6.07) is 3.92. The Hall–Kier alpha value is -1.94. The van der Waals surface area contributed by atoms with Crippen molar-refractivity contribution in [3.8, 4) is 17.0 Å². The maximum atomic E-state index is 11.3. The van der Waals surface area contributed by atoms with E-state index in [2.05, 4.69) is 9.97 Å². The SMILES string of the molecule is COc1cc(C)cc(C)c1-c1nc(C)nc(Cl)c1C=O. The van der Waals surface area contributed by atoms with Crippen LogP contribution in [0.2, 0.25) is 5.15 Å². The van der Waals surface area contributed by atoms with Crippen LogP contribution in [0.25, 0.3) is 11.3 Å². The van der Waals surface area contributed by atoms with Crippen LogP contribution in [-0.2, 0) is 0 Å². The van der Waals surface area contributed by atoms with Crippen molar-refractivity contribution in [2.24, 2.45) is 0 Å². The van der Waals surface area contributed by atoms with E-state index in [4.69, 9.17) is 16.3 Å². The van der Waals surface area contributed by atoms with E-state index in [1.54, 1.807) is 14.0 Å². The van der Waals surface area contributed by atoms with Crippen LogP contribution in [0.1, 0.15) is 27.3 Å². The number of halogens is 1. The molecule has 0 unspecified atom stereocenters. The zero-order valence-corrected chi connectivity index (χ0v) is 12.6. The summed E-state index contributed by atoms with van der Waals surface area (Å²) in [4.78, 5) is 19.7. The second-order valence-corrected chi connectivity index (χ2v) is 4.96. The number of ether oxygens (including phenoxy) is 1. The molecule has 0 aliphatic heterocycles. The summed E-state index contributed by atoms with van der Waals surface area (Å²) in [6.07, 6.45) is 0.676. The van der Waals surface area contributed by atoms with Crippen LogP contribution in [0.4, 0.5) is 0 Å². The Morgan fingerprint density at radius 1 is 1.20 bits per heavy atom. The number of aryl methyl sites for hydroxylation is 3. The second kappa shape index (κ2) is 5.59. The number of rotatable bonds is 3. The molecular weight excluding hydrogens is 276 g/mol. The third-order valence-electron chi connectivity index (χ3n) is 3.03. The fourth-order valence-electron chi connectivity index (χ4n) is 2.24. The van der Waals surface area contributed by atoms with Crippen molar-refractivity contribution in [3.05, 3.63) is 39.8 Å². The van der Waals surface area contributed by atoms with E-state index in [0.717, 1.165) is 16.7 Å². The van der Waals surface area contributed by atoms with Gasteiger partial charge in [-0.05, 0) is 38.0 Å².